The van der Waals surface area contributed by atoms with Crippen molar-refractivity contribution in [1.29, 1.82) is 0 Å². The van der Waals surface area contributed by atoms with Crippen molar-refractivity contribution < 1.29 is 38.4 Å². The van der Waals surface area contributed by atoms with Gasteiger partial charge in [0.25, 0.3) is 5.56 Å². The molecular formula is C29H29BrN2O9S. The second kappa shape index (κ2) is 13.3. The average Bonchev–Trinajstić information content (AvgIpc) is 3.26. The molecule has 0 saturated heterocycles. The number of carbonyl (C=O) groups excluding carboxylic acids is 2. The molecule has 0 amide bonds. The third-order valence-electron chi connectivity index (χ3n) is 6.26. The second-order valence-corrected chi connectivity index (χ2v) is 10.7. The van der Waals surface area contributed by atoms with Gasteiger partial charge in [0.05, 0.1) is 49.3 Å². The topological polar surface area (TPSA) is 135 Å². The number of aromatic hydroxyl groups is 1. The molecular weight excluding hydrogens is 632 g/mol. The zero-order valence-corrected chi connectivity index (χ0v) is 26.0. The average molecular weight is 662 g/mol. The van der Waals surface area contributed by atoms with Crippen LogP contribution in [-0.2, 0) is 19.1 Å². The van der Waals surface area contributed by atoms with Crippen LogP contribution in [0.4, 0.5) is 0 Å². The normalized spacial score (nSPS) is 14.6. The first-order chi connectivity index (χ1) is 20.1. The Kier molecular flexibility index (Phi) is 9.74. The molecule has 0 radical (unpaired) electrons. The number of benzene rings is 2. The summed E-state index contributed by atoms with van der Waals surface area (Å²) in [4.78, 5) is 43.8. The van der Waals surface area contributed by atoms with Crippen LogP contribution < -0.4 is 29.1 Å². The standard InChI is InChI=1S/C29H29BrN2O9S/c1-6-39-22-10-16(8-9-20(22)41-14-24(34)38-5)26-25(28(36)40-7-2)15(3)31-29-32(26)27(35)23(42-29)12-17-11-21(37-4)19(33)13-18(17)30/h8-13,26,33H,6-7,14H2,1-5H3/b23-12-/t26-/m1/s1. The Morgan fingerprint density at radius 3 is 2.52 bits per heavy atom. The van der Waals surface area contributed by atoms with E-state index in [2.05, 4.69) is 25.7 Å². The molecule has 1 aromatic heterocycles. The molecule has 1 aliphatic heterocycles. The third-order valence-corrected chi connectivity index (χ3v) is 7.93. The minimum absolute atomic E-state index is 0.0539. The summed E-state index contributed by atoms with van der Waals surface area (Å²) in [6.45, 7) is 5.29. The largest absolute Gasteiger partial charge is 0.504 e. The minimum atomic E-state index is -0.894. The molecule has 4 rings (SSSR count). The number of thiazole rings is 1. The molecule has 1 N–H and O–H groups in total. The van der Waals surface area contributed by atoms with Gasteiger partial charge in [0.2, 0.25) is 0 Å². The molecule has 2 heterocycles. The van der Waals surface area contributed by atoms with Crippen LogP contribution in [0.2, 0.25) is 0 Å². The highest BCUT2D eigenvalue weighted by Crippen LogP contribution is 2.37. The molecule has 1 atom stereocenters. The van der Waals surface area contributed by atoms with Crippen molar-refractivity contribution in [1.82, 2.24) is 4.57 Å². The summed E-state index contributed by atoms with van der Waals surface area (Å²) in [6.07, 6.45) is 1.66. The molecule has 3 aromatic rings. The SMILES string of the molecule is CCOC(=O)C1=C(C)N=c2s/c(=C\c3cc(OC)c(O)cc3Br)c(=O)n2[C@@H]1c1ccc(OCC(=O)OC)c(OCC)c1. The van der Waals surface area contributed by atoms with Gasteiger partial charge in [-0.15, -0.1) is 0 Å². The van der Waals surface area contributed by atoms with Crippen LogP contribution in [0.5, 0.6) is 23.0 Å². The van der Waals surface area contributed by atoms with Crippen molar-refractivity contribution in [2.75, 3.05) is 34.0 Å². The number of halogens is 1. The Morgan fingerprint density at radius 2 is 1.86 bits per heavy atom. The number of nitrogens with zero attached hydrogens (tertiary/aromatic N) is 2. The van der Waals surface area contributed by atoms with Crippen LogP contribution in [0.1, 0.15) is 37.9 Å². The fourth-order valence-corrected chi connectivity index (χ4v) is 5.84. The first kappa shape index (κ1) is 30.8. The van der Waals surface area contributed by atoms with Crippen molar-refractivity contribution in [2.45, 2.75) is 26.8 Å². The minimum Gasteiger partial charge on any atom is -0.504 e. The molecule has 1 aliphatic rings. The Morgan fingerprint density at radius 1 is 1.10 bits per heavy atom. The first-order valence-corrected chi connectivity index (χ1v) is 14.5. The van der Waals surface area contributed by atoms with Crippen molar-refractivity contribution >= 4 is 45.3 Å². The number of aromatic nitrogens is 1. The van der Waals surface area contributed by atoms with Gasteiger partial charge in [-0.2, -0.15) is 0 Å². The summed E-state index contributed by atoms with van der Waals surface area (Å²) in [5.41, 5.74) is 1.36. The molecule has 222 valence electrons. The summed E-state index contributed by atoms with van der Waals surface area (Å²) in [5.74, 6) is -0.361. The lowest BCUT2D eigenvalue weighted by atomic mass is 9.95. The van der Waals surface area contributed by atoms with E-state index in [4.69, 9.17) is 18.9 Å². The number of ether oxygens (including phenoxy) is 5. The number of carbonyl (C=O) groups is 2. The number of fused-ring (bicyclic) bond motifs is 1. The fraction of sp³-hybridized carbons (Fsp3) is 0.310. The number of esters is 2. The summed E-state index contributed by atoms with van der Waals surface area (Å²) in [6, 6.07) is 7.15. The van der Waals surface area contributed by atoms with Crippen molar-refractivity contribution in [3.05, 3.63) is 76.9 Å². The molecule has 42 heavy (non-hydrogen) atoms. The van der Waals surface area contributed by atoms with E-state index in [1.807, 2.05) is 0 Å². The summed E-state index contributed by atoms with van der Waals surface area (Å²) >= 11 is 4.58. The van der Waals surface area contributed by atoms with Gasteiger partial charge in [-0.1, -0.05) is 33.3 Å². The predicted molar refractivity (Wildman–Crippen MR) is 158 cm³/mol. The maximum absolute atomic E-state index is 14.0. The molecule has 0 saturated carbocycles. The van der Waals surface area contributed by atoms with E-state index in [-0.39, 0.29) is 35.8 Å². The highest BCUT2D eigenvalue weighted by molar-refractivity contribution is 9.10. The lowest BCUT2D eigenvalue weighted by molar-refractivity contribution is -0.143. The van der Waals surface area contributed by atoms with Gasteiger partial charge >= 0.3 is 11.9 Å². The van der Waals surface area contributed by atoms with Crippen LogP contribution in [0.25, 0.3) is 6.08 Å². The van der Waals surface area contributed by atoms with Crippen LogP contribution in [0.15, 0.2) is 55.9 Å². The smallest absolute Gasteiger partial charge is 0.343 e. The van der Waals surface area contributed by atoms with Gasteiger partial charge < -0.3 is 28.8 Å². The van der Waals surface area contributed by atoms with E-state index in [1.165, 1.54) is 24.9 Å². The van der Waals surface area contributed by atoms with E-state index in [0.717, 1.165) is 11.3 Å². The number of methoxy groups -OCH3 is 2. The third kappa shape index (κ3) is 6.21. The number of rotatable bonds is 10. The number of hydrogen-bond donors (Lipinski definition) is 1. The number of allylic oxidation sites excluding steroid dienone is 1. The number of hydrogen-bond acceptors (Lipinski definition) is 11. The zero-order valence-electron chi connectivity index (χ0n) is 23.6. The molecule has 11 nitrogen and oxygen atoms in total. The Balaban J connectivity index is 1.92. The Bertz CT molecular complexity index is 1740. The number of phenols is 1. The maximum Gasteiger partial charge on any atom is 0.343 e. The van der Waals surface area contributed by atoms with Crippen molar-refractivity contribution in [2.24, 2.45) is 4.99 Å². The van der Waals surface area contributed by atoms with Crippen molar-refractivity contribution in [3.8, 4) is 23.0 Å². The summed E-state index contributed by atoms with van der Waals surface area (Å²) in [7, 11) is 2.69. The summed E-state index contributed by atoms with van der Waals surface area (Å²) < 4.78 is 29.0. The molecule has 0 spiro atoms. The van der Waals surface area contributed by atoms with Gasteiger partial charge in [-0.05, 0) is 62.2 Å². The molecule has 0 unspecified atom stereocenters. The Hall–Kier alpha value is -4.10. The van der Waals surface area contributed by atoms with E-state index in [0.29, 0.717) is 48.7 Å². The molecule has 13 heteroatoms. The van der Waals surface area contributed by atoms with Gasteiger partial charge in [-0.3, -0.25) is 9.36 Å². The van der Waals surface area contributed by atoms with E-state index in [9.17, 15) is 19.5 Å². The van der Waals surface area contributed by atoms with Crippen molar-refractivity contribution in [3.63, 3.8) is 0 Å². The first-order valence-electron chi connectivity index (χ1n) is 12.9. The zero-order chi connectivity index (χ0) is 30.6. The lowest BCUT2D eigenvalue weighted by Crippen LogP contribution is -2.40. The number of phenolic OH excluding ortho intramolecular Hbond substituents is 1. The van der Waals surface area contributed by atoms with E-state index in [1.54, 1.807) is 51.1 Å². The monoisotopic (exact) mass is 660 g/mol. The van der Waals surface area contributed by atoms with E-state index >= 15 is 0 Å². The van der Waals surface area contributed by atoms with Gasteiger partial charge in [0, 0.05) is 4.47 Å². The van der Waals surface area contributed by atoms with Gasteiger partial charge in [-0.25, -0.2) is 14.6 Å². The highest BCUT2D eigenvalue weighted by Gasteiger charge is 2.34. The molecule has 2 aromatic carbocycles. The predicted octanol–water partition coefficient (Wildman–Crippen LogP) is 3.23. The maximum atomic E-state index is 14.0. The molecule has 0 bridgehead atoms. The quantitative estimate of drug-likeness (QED) is 0.325. The Labute approximate surface area is 253 Å². The highest BCUT2D eigenvalue weighted by atomic mass is 79.9. The fourth-order valence-electron chi connectivity index (χ4n) is 4.36. The van der Waals surface area contributed by atoms with Crippen LogP contribution >= 0.6 is 27.3 Å². The molecule has 0 fully saturated rings. The van der Waals surface area contributed by atoms with Gasteiger partial charge in [0.15, 0.2) is 34.4 Å². The lowest BCUT2D eigenvalue weighted by Gasteiger charge is -2.25. The van der Waals surface area contributed by atoms with Gasteiger partial charge in [0.1, 0.15) is 0 Å². The van der Waals surface area contributed by atoms with Crippen LogP contribution in [-0.4, -0.2) is 55.7 Å². The van der Waals surface area contributed by atoms with Crippen LogP contribution in [0.3, 0.4) is 0 Å². The second-order valence-electron chi connectivity index (χ2n) is 8.85. The summed E-state index contributed by atoms with van der Waals surface area (Å²) in [5, 5.41) is 10.1. The van der Waals surface area contributed by atoms with Crippen LogP contribution in [0, 0.1) is 0 Å². The molecule has 0 aliphatic carbocycles. The van der Waals surface area contributed by atoms with E-state index < -0.39 is 18.0 Å².